The Balaban J connectivity index is 1.70. The molecule has 0 radical (unpaired) electrons. The third-order valence-electron chi connectivity index (χ3n) is 5.58. The maximum atomic E-state index is 13.0. The molecule has 4 amide bonds. The summed E-state index contributed by atoms with van der Waals surface area (Å²) >= 11 is 0. The maximum Gasteiger partial charge on any atom is 0.255 e. The molecule has 1 heterocycles. The summed E-state index contributed by atoms with van der Waals surface area (Å²) < 4.78 is 5.74. The first-order chi connectivity index (χ1) is 16.9. The van der Waals surface area contributed by atoms with Gasteiger partial charge in [0.15, 0.2) is 0 Å². The second-order valence-electron chi connectivity index (χ2n) is 8.39. The fourth-order valence-corrected chi connectivity index (χ4v) is 3.67. The number of amides is 4. The Bertz CT molecular complexity index is 1030. The van der Waals surface area contributed by atoms with E-state index < -0.39 is 29.8 Å². The molecule has 1 aliphatic rings. The quantitative estimate of drug-likeness (QED) is 0.481. The summed E-state index contributed by atoms with van der Waals surface area (Å²) in [6.07, 6.45) is 1.71. The highest BCUT2D eigenvalue weighted by Crippen LogP contribution is 2.18. The van der Waals surface area contributed by atoms with Gasteiger partial charge in [0.2, 0.25) is 17.7 Å². The second-order valence-corrected chi connectivity index (χ2v) is 8.39. The number of hydrogen-bond acceptors (Lipinski definition) is 5. The second kappa shape index (κ2) is 13.1. The Kier molecular flexibility index (Phi) is 9.65. The van der Waals surface area contributed by atoms with E-state index in [2.05, 4.69) is 21.3 Å². The van der Waals surface area contributed by atoms with Crippen molar-refractivity contribution in [2.45, 2.75) is 44.7 Å². The van der Waals surface area contributed by atoms with E-state index in [-0.39, 0.29) is 24.5 Å². The molecule has 0 spiro atoms. The summed E-state index contributed by atoms with van der Waals surface area (Å²) in [5, 5.41) is 10.8. The van der Waals surface area contributed by atoms with Gasteiger partial charge in [-0.15, -0.1) is 0 Å². The standard InChI is InChI=1S/C26H32N4O5/c1-18-24(32)27-15-8-16-35-22-13-6-5-12-20(22)25(33)30-21(17-23(31)29-18)26(34)28-14-7-11-19-9-3-2-4-10-19/h2-6,9-10,12-13,18,21H,7-8,11,14-17H2,1H3,(H,27,32)(H,28,34)(H,29,31)(H,30,33)/t18-,21-/m0/s1. The van der Waals surface area contributed by atoms with Gasteiger partial charge < -0.3 is 26.0 Å². The van der Waals surface area contributed by atoms with Gasteiger partial charge in [0.25, 0.3) is 5.91 Å². The van der Waals surface area contributed by atoms with E-state index >= 15 is 0 Å². The van der Waals surface area contributed by atoms with Crippen LogP contribution in [0.1, 0.15) is 42.1 Å². The average molecular weight is 481 g/mol. The van der Waals surface area contributed by atoms with Gasteiger partial charge in [-0.3, -0.25) is 19.2 Å². The minimum absolute atomic E-state index is 0.266. The van der Waals surface area contributed by atoms with E-state index in [9.17, 15) is 19.2 Å². The minimum Gasteiger partial charge on any atom is -0.493 e. The molecule has 9 nitrogen and oxygen atoms in total. The van der Waals surface area contributed by atoms with Gasteiger partial charge in [-0.1, -0.05) is 42.5 Å². The number of carbonyl (C=O) groups excluding carboxylic acids is 4. The molecule has 0 aromatic heterocycles. The van der Waals surface area contributed by atoms with E-state index in [4.69, 9.17) is 4.74 Å². The summed E-state index contributed by atoms with van der Waals surface area (Å²) in [5.41, 5.74) is 1.43. The number of ether oxygens (including phenoxy) is 1. The SMILES string of the molecule is C[C@@H]1NC(=O)C[C@@H](C(=O)NCCCc2ccccc2)NC(=O)c2ccccc2OCCCNC1=O. The molecule has 3 rings (SSSR count). The summed E-state index contributed by atoms with van der Waals surface area (Å²) in [6.45, 7) is 2.60. The predicted molar refractivity (Wildman–Crippen MR) is 131 cm³/mol. The first-order valence-corrected chi connectivity index (χ1v) is 11.9. The third kappa shape index (κ3) is 8.13. The van der Waals surface area contributed by atoms with Crippen molar-refractivity contribution in [1.82, 2.24) is 21.3 Å². The average Bonchev–Trinajstić information content (AvgIpc) is 2.86. The van der Waals surface area contributed by atoms with Crippen molar-refractivity contribution in [1.29, 1.82) is 0 Å². The first-order valence-electron chi connectivity index (χ1n) is 11.9. The van der Waals surface area contributed by atoms with Crippen LogP contribution in [0.5, 0.6) is 5.75 Å². The van der Waals surface area contributed by atoms with Crippen LogP contribution in [0.15, 0.2) is 54.6 Å². The Labute approximate surface area is 205 Å². The molecule has 4 N–H and O–H groups in total. The van der Waals surface area contributed by atoms with Crippen LogP contribution in [0.2, 0.25) is 0 Å². The molecule has 2 atom stereocenters. The van der Waals surface area contributed by atoms with Crippen LogP contribution in [-0.2, 0) is 20.8 Å². The lowest BCUT2D eigenvalue weighted by Crippen LogP contribution is -2.51. The molecule has 2 aromatic rings. The van der Waals surface area contributed by atoms with Gasteiger partial charge >= 0.3 is 0 Å². The summed E-state index contributed by atoms with van der Waals surface area (Å²) in [6, 6.07) is 14.7. The Morgan fingerprint density at radius 3 is 2.57 bits per heavy atom. The number of fused-ring (bicyclic) bond motifs is 1. The molecule has 0 bridgehead atoms. The fraction of sp³-hybridized carbons (Fsp3) is 0.385. The molecule has 2 aromatic carbocycles. The van der Waals surface area contributed by atoms with Crippen molar-refractivity contribution in [3.05, 3.63) is 65.7 Å². The van der Waals surface area contributed by atoms with E-state index in [1.54, 1.807) is 31.2 Å². The number of nitrogens with one attached hydrogen (secondary N) is 4. The van der Waals surface area contributed by atoms with Crippen LogP contribution in [0, 0.1) is 0 Å². The molecule has 0 unspecified atom stereocenters. The smallest absolute Gasteiger partial charge is 0.255 e. The summed E-state index contributed by atoms with van der Waals surface area (Å²) in [4.78, 5) is 50.8. The zero-order chi connectivity index (χ0) is 25.0. The number of carbonyl (C=O) groups is 4. The van der Waals surface area contributed by atoms with Gasteiger partial charge in [-0.2, -0.15) is 0 Å². The van der Waals surface area contributed by atoms with Crippen LogP contribution in [0.3, 0.4) is 0 Å². The topological polar surface area (TPSA) is 126 Å². The van der Waals surface area contributed by atoms with Crippen molar-refractivity contribution in [2.24, 2.45) is 0 Å². The highest BCUT2D eigenvalue weighted by molar-refractivity contribution is 6.01. The lowest BCUT2D eigenvalue weighted by Gasteiger charge is -2.20. The molecule has 0 saturated carbocycles. The van der Waals surface area contributed by atoms with E-state index in [1.807, 2.05) is 30.3 Å². The first kappa shape index (κ1) is 25.7. The number of benzene rings is 2. The number of rotatable bonds is 5. The van der Waals surface area contributed by atoms with Crippen LogP contribution in [0.4, 0.5) is 0 Å². The number of aryl methyl sites for hydroxylation is 1. The predicted octanol–water partition coefficient (Wildman–Crippen LogP) is 1.33. The number of para-hydroxylation sites is 1. The van der Waals surface area contributed by atoms with Crippen LogP contribution in [-0.4, -0.2) is 55.4 Å². The molecule has 35 heavy (non-hydrogen) atoms. The normalized spacial score (nSPS) is 19.5. The van der Waals surface area contributed by atoms with E-state index in [0.29, 0.717) is 31.7 Å². The maximum absolute atomic E-state index is 13.0. The van der Waals surface area contributed by atoms with E-state index in [0.717, 1.165) is 12.0 Å². The van der Waals surface area contributed by atoms with Gasteiger partial charge in [0, 0.05) is 13.1 Å². The van der Waals surface area contributed by atoms with Crippen molar-refractivity contribution < 1.29 is 23.9 Å². The van der Waals surface area contributed by atoms with Crippen molar-refractivity contribution >= 4 is 23.6 Å². The molecule has 1 aliphatic heterocycles. The Morgan fingerprint density at radius 1 is 1.03 bits per heavy atom. The fourth-order valence-electron chi connectivity index (χ4n) is 3.67. The van der Waals surface area contributed by atoms with Gasteiger partial charge in [0.05, 0.1) is 18.6 Å². The third-order valence-corrected chi connectivity index (χ3v) is 5.58. The summed E-state index contributed by atoms with van der Waals surface area (Å²) in [7, 11) is 0. The van der Waals surface area contributed by atoms with E-state index in [1.165, 1.54) is 0 Å². The van der Waals surface area contributed by atoms with Crippen LogP contribution < -0.4 is 26.0 Å². The van der Waals surface area contributed by atoms with Crippen LogP contribution >= 0.6 is 0 Å². The molecule has 0 saturated heterocycles. The lowest BCUT2D eigenvalue weighted by molar-refractivity contribution is -0.130. The Hall–Kier alpha value is -3.88. The molecule has 9 heteroatoms. The van der Waals surface area contributed by atoms with Crippen molar-refractivity contribution in [3.8, 4) is 5.75 Å². The molecular weight excluding hydrogens is 448 g/mol. The van der Waals surface area contributed by atoms with Crippen molar-refractivity contribution in [3.63, 3.8) is 0 Å². The van der Waals surface area contributed by atoms with Crippen molar-refractivity contribution in [2.75, 3.05) is 19.7 Å². The zero-order valence-corrected chi connectivity index (χ0v) is 19.8. The molecule has 186 valence electrons. The molecular formula is C26H32N4O5. The number of hydrogen-bond donors (Lipinski definition) is 4. The van der Waals surface area contributed by atoms with Gasteiger partial charge in [-0.25, -0.2) is 0 Å². The van der Waals surface area contributed by atoms with Crippen LogP contribution in [0.25, 0.3) is 0 Å². The molecule has 0 fully saturated rings. The lowest BCUT2D eigenvalue weighted by atomic mass is 10.1. The minimum atomic E-state index is -1.12. The monoisotopic (exact) mass is 480 g/mol. The highest BCUT2D eigenvalue weighted by Gasteiger charge is 2.27. The summed E-state index contributed by atoms with van der Waals surface area (Å²) in [5.74, 6) is -1.47. The zero-order valence-electron chi connectivity index (χ0n) is 19.8. The molecule has 0 aliphatic carbocycles. The largest absolute Gasteiger partial charge is 0.493 e. The van der Waals surface area contributed by atoms with Gasteiger partial charge in [-0.05, 0) is 43.9 Å². The van der Waals surface area contributed by atoms with Gasteiger partial charge in [0.1, 0.15) is 17.8 Å². The Morgan fingerprint density at radius 2 is 1.77 bits per heavy atom. The highest BCUT2D eigenvalue weighted by atomic mass is 16.5.